The van der Waals surface area contributed by atoms with Crippen molar-refractivity contribution in [2.75, 3.05) is 18.0 Å². The fourth-order valence-electron chi connectivity index (χ4n) is 2.88. The minimum atomic E-state index is -1.09. The number of ether oxygens (including phenoxy) is 1. The first-order chi connectivity index (χ1) is 9.54. The maximum Gasteiger partial charge on any atom is 0.335 e. The second-order valence-corrected chi connectivity index (χ2v) is 5.13. The number of aromatic carboxylic acids is 1. The summed E-state index contributed by atoms with van der Waals surface area (Å²) in [6.45, 7) is 1.14. The molecule has 2 bridgehead atoms. The van der Waals surface area contributed by atoms with E-state index >= 15 is 0 Å². The number of rotatable bonds is 3. The summed E-state index contributed by atoms with van der Waals surface area (Å²) in [6.07, 6.45) is 2.07. The summed E-state index contributed by atoms with van der Waals surface area (Å²) in [4.78, 5) is 23.6. The van der Waals surface area contributed by atoms with Crippen LogP contribution in [-0.2, 0) is 4.74 Å². The molecule has 106 valence electrons. The van der Waals surface area contributed by atoms with Crippen molar-refractivity contribution in [2.24, 2.45) is 0 Å². The van der Waals surface area contributed by atoms with Gasteiger partial charge in [-0.2, -0.15) is 0 Å². The van der Waals surface area contributed by atoms with Crippen molar-refractivity contribution >= 4 is 17.3 Å². The van der Waals surface area contributed by atoms with E-state index in [-0.39, 0.29) is 23.5 Å². The van der Waals surface area contributed by atoms with Crippen LogP contribution < -0.4 is 4.90 Å². The van der Waals surface area contributed by atoms with Gasteiger partial charge in [0, 0.05) is 19.2 Å². The van der Waals surface area contributed by atoms with Crippen LogP contribution in [0, 0.1) is 10.1 Å². The average Bonchev–Trinajstić information content (AvgIpc) is 2.76. The Morgan fingerprint density at radius 2 is 2.00 bits per heavy atom. The van der Waals surface area contributed by atoms with Gasteiger partial charge in [0.15, 0.2) is 0 Å². The predicted octanol–water partition coefficient (Wildman–Crippen LogP) is 1.66. The maximum atomic E-state index is 11.1. The molecule has 1 aromatic rings. The second-order valence-electron chi connectivity index (χ2n) is 5.13. The Kier molecular flexibility index (Phi) is 3.06. The largest absolute Gasteiger partial charge is 0.478 e. The molecule has 20 heavy (non-hydrogen) atoms. The number of hydrogen-bond donors (Lipinski definition) is 1. The maximum absolute atomic E-state index is 11.1. The number of carbonyl (C=O) groups is 1. The molecule has 0 spiro atoms. The summed E-state index contributed by atoms with van der Waals surface area (Å²) >= 11 is 0. The normalized spacial score (nSPS) is 24.7. The highest BCUT2D eigenvalue weighted by Gasteiger charge is 2.36. The van der Waals surface area contributed by atoms with E-state index in [1.54, 1.807) is 0 Å². The van der Waals surface area contributed by atoms with Crippen LogP contribution >= 0.6 is 0 Å². The number of nitro benzene ring substituents is 1. The van der Waals surface area contributed by atoms with Crippen LogP contribution in [-0.4, -0.2) is 41.3 Å². The van der Waals surface area contributed by atoms with Crippen molar-refractivity contribution in [1.82, 2.24) is 0 Å². The van der Waals surface area contributed by atoms with Gasteiger partial charge in [-0.05, 0) is 25.0 Å². The number of fused-ring (bicyclic) bond motifs is 2. The molecule has 2 heterocycles. The van der Waals surface area contributed by atoms with Crippen LogP contribution in [0.5, 0.6) is 0 Å². The summed E-state index contributed by atoms with van der Waals surface area (Å²) in [7, 11) is 0. The van der Waals surface area contributed by atoms with Crippen molar-refractivity contribution in [3.63, 3.8) is 0 Å². The van der Waals surface area contributed by atoms with E-state index in [0.29, 0.717) is 18.8 Å². The van der Waals surface area contributed by atoms with Crippen molar-refractivity contribution in [1.29, 1.82) is 0 Å². The lowest BCUT2D eigenvalue weighted by atomic mass is 10.1. The molecule has 0 aliphatic carbocycles. The van der Waals surface area contributed by atoms with Crippen LogP contribution in [0.1, 0.15) is 23.2 Å². The Morgan fingerprint density at radius 3 is 2.55 bits per heavy atom. The van der Waals surface area contributed by atoms with Crippen molar-refractivity contribution in [3.8, 4) is 0 Å². The Bertz CT molecular complexity index is 562. The zero-order valence-electron chi connectivity index (χ0n) is 10.7. The van der Waals surface area contributed by atoms with Crippen LogP contribution in [0.2, 0.25) is 0 Å². The summed E-state index contributed by atoms with van der Waals surface area (Å²) in [6, 6.07) is 3.90. The fraction of sp³-hybridized carbons (Fsp3) is 0.462. The Hall–Kier alpha value is -2.15. The third-order valence-electron chi connectivity index (χ3n) is 3.80. The van der Waals surface area contributed by atoms with E-state index in [4.69, 9.17) is 9.84 Å². The van der Waals surface area contributed by atoms with Gasteiger partial charge in [-0.3, -0.25) is 10.1 Å². The molecule has 3 rings (SSSR count). The summed E-state index contributed by atoms with van der Waals surface area (Å²) in [5.41, 5.74) is 0.371. The van der Waals surface area contributed by atoms with Gasteiger partial charge in [-0.15, -0.1) is 0 Å². The average molecular weight is 278 g/mol. The summed E-state index contributed by atoms with van der Waals surface area (Å²) < 4.78 is 5.70. The van der Waals surface area contributed by atoms with Crippen LogP contribution in [0.4, 0.5) is 11.4 Å². The van der Waals surface area contributed by atoms with Gasteiger partial charge in [0.05, 0.1) is 22.7 Å². The molecular formula is C13H14N2O5. The van der Waals surface area contributed by atoms with Gasteiger partial charge in [-0.1, -0.05) is 0 Å². The van der Waals surface area contributed by atoms with E-state index in [1.807, 2.05) is 4.90 Å². The van der Waals surface area contributed by atoms with E-state index in [0.717, 1.165) is 12.8 Å². The molecule has 0 amide bonds. The highest BCUT2D eigenvalue weighted by molar-refractivity contribution is 5.90. The Morgan fingerprint density at radius 1 is 1.35 bits per heavy atom. The summed E-state index contributed by atoms with van der Waals surface area (Å²) in [5.74, 6) is -1.09. The van der Waals surface area contributed by atoms with Crippen molar-refractivity contribution in [3.05, 3.63) is 33.9 Å². The molecule has 7 nitrogen and oxygen atoms in total. The molecule has 2 unspecified atom stereocenters. The highest BCUT2D eigenvalue weighted by atomic mass is 16.6. The molecule has 7 heteroatoms. The van der Waals surface area contributed by atoms with E-state index in [1.165, 1.54) is 18.2 Å². The second kappa shape index (κ2) is 4.75. The zero-order valence-corrected chi connectivity index (χ0v) is 10.7. The topological polar surface area (TPSA) is 92.9 Å². The number of hydrogen-bond acceptors (Lipinski definition) is 5. The van der Waals surface area contributed by atoms with Gasteiger partial charge in [0.25, 0.3) is 5.69 Å². The van der Waals surface area contributed by atoms with E-state index < -0.39 is 10.9 Å². The van der Waals surface area contributed by atoms with Crippen molar-refractivity contribution < 1.29 is 19.6 Å². The number of morpholine rings is 1. The molecule has 1 N–H and O–H groups in total. The standard InChI is InChI=1S/C13H14N2O5/c16-13(17)8-1-4-11(15(18)19)12(5-8)14-6-9-2-3-10(7-14)20-9/h1,4-5,9-10H,2-3,6-7H2,(H,16,17). The van der Waals surface area contributed by atoms with Crippen LogP contribution in [0.25, 0.3) is 0 Å². The number of carboxylic acids is 1. The van der Waals surface area contributed by atoms with Gasteiger partial charge in [0.2, 0.25) is 0 Å². The van der Waals surface area contributed by atoms with Crippen LogP contribution in [0.3, 0.4) is 0 Å². The zero-order chi connectivity index (χ0) is 14.3. The first-order valence-corrected chi connectivity index (χ1v) is 6.46. The molecular weight excluding hydrogens is 264 g/mol. The number of nitrogens with zero attached hydrogens (tertiary/aromatic N) is 2. The molecule has 2 atom stereocenters. The third-order valence-corrected chi connectivity index (χ3v) is 3.80. The minimum absolute atomic E-state index is 0.0590. The third kappa shape index (κ3) is 2.20. The molecule has 2 aliphatic rings. The predicted molar refractivity (Wildman–Crippen MR) is 70.2 cm³/mol. The number of anilines is 1. The first-order valence-electron chi connectivity index (χ1n) is 6.46. The Balaban J connectivity index is 1.99. The lowest BCUT2D eigenvalue weighted by molar-refractivity contribution is -0.384. The molecule has 2 fully saturated rings. The summed E-state index contributed by atoms with van der Waals surface area (Å²) in [5, 5.41) is 20.2. The van der Waals surface area contributed by atoms with Gasteiger partial charge >= 0.3 is 5.97 Å². The molecule has 2 aliphatic heterocycles. The SMILES string of the molecule is O=C(O)c1ccc([N+](=O)[O-])c(N2CC3CCC(C2)O3)c1. The minimum Gasteiger partial charge on any atom is -0.478 e. The number of benzene rings is 1. The van der Waals surface area contributed by atoms with Gasteiger partial charge < -0.3 is 14.7 Å². The highest BCUT2D eigenvalue weighted by Crippen LogP contribution is 2.35. The van der Waals surface area contributed by atoms with Gasteiger partial charge in [-0.25, -0.2) is 4.79 Å². The smallest absolute Gasteiger partial charge is 0.335 e. The van der Waals surface area contributed by atoms with Gasteiger partial charge in [0.1, 0.15) is 5.69 Å². The van der Waals surface area contributed by atoms with E-state index in [2.05, 4.69) is 0 Å². The molecule has 2 saturated heterocycles. The number of nitro groups is 1. The van der Waals surface area contributed by atoms with E-state index in [9.17, 15) is 14.9 Å². The first kappa shape index (κ1) is 12.9. The van der Waals surface area contributed by atoms with Crippen molar-refractivity contribution in [2.45, 2.75) is 25.0 Å². The molecule has 0 saturated carbocycles. The Labute approximate surface area is 114 Å². The monoisotopic (exact) mass is 278 g/mol. The lowest BCUT2D eigenvalue weighted by Gasteiger charge is -2.33. The number of carboxylic acid groups (broad SMARTS) is 1. The molecule has 0 aromatic heterocycles. The fourth-order valence-corrected chi connectivity index (χ4v) is 2.88. The molecule has 1 aromatic carbocycles. The quantitative estimate of drug-likeness (QED) is 0.667. The van der Waals surface area contributed by atoms with Crippen LogP contribution in [0.15, 0.2) is 18.2 Å². The lowest BCUT2D eigenvalue weighted by Crippen LogP contribution is -2.42. The molecule has 0 radical (unpaired) electrons.